The second-order valence-electron chi connectivity index (χ2n) is 12.4. The number of aromatic nitrogens is 5. The van der Waals surface area contributed by atoms with Crippen molar-refractivity contribution in [3.8, 4) is 22.9 Å². The topological polar surface area (TPSA) is 48.5 Å². The lowest BCUT2D eigenvalue weighted by Gasteiger charge is -2.12. The van der Waals surface area contributed by atoms with E-state index in [4.69, 9.17) is 9.97 Å². The Balaban J connectivity index is 1.32. The van der Waals surface area contributed by atoms with E-state index in [2.05, 4.69) is 148 Å². The van der Waals surface area contributed by atoms with Crippen LogP contribution in [0, 0.1) is 0 Å². The maximum absolute atomic E-state index is 5.51. The largest absolute Gasteiger partial charge is 0.307 e. The molecule has 5 heterocycles. The first-order chi connectivity index (χ1) is 24.3. The summed E-state index contributed by atoms with van der Waals surface area (Å²) in [5.41, 5.74) is 8.49. The van der Waals surface area contributed by atoms with Crippen LogP contribution < -0.4 is 0 Å². The molecule has 0 radical (unpaired) electrons. The van der Waals surface area contributed by atoms with Crippen LogP contribution in [-0.4, -0.2) is 24.1 Å². The third-order valence-electron chi connectivity index (χ3n) is 9.83. The lowest BCUT2D eigenvalue weighted by molar-refractivity contribution is 1.02. The Labute approximate surface area is 284 Å². The van der Waals surface area contributed by atoms with Crippen molar-refractivity contribution in [1.29, 1.82) is 0 Å². The van der Waals surface area contributed by atoms with E-state index >= 15 is 0 Å². The molecule has 6 aromatic carbocycles. The number of hydrogen-bond donors (Lipinski definition) is 0. The number of para-hydroxylation sites is 2. The third-order valence-corrected chi connectivity index (χ3v) is 11.0. The molecule has 49 heavy (non-hydrogen) atoms. The zero-order valence-electron chi connectivity index (χ0n) is 26.1. The molecule has 0 aliphatic rings. The molecule has 0 aliphatic carbocycles. The van der Waals surface area contributed by atoms with Crippen LogP contribution in [0.1, 0.15) is 0 Å². The standard InChI is InChI=1S/C43H25N5S/c1-2-14-28-26(11-1)12-9-18-30(28)39-42-40(33-17-5-8-21-37(33)49-42)46-43(45-39)48-35-20-7-4-16-32(35)38-36(48)23-22-31-29-15-3-6-19-34(29)47(41(31)38)27-13-10-24-44-25-27/h1-25H. The number of pyridine rings is 1. The van der Waals surface area contributed by atoms with E-state index < -0.39 is 0 Å². The highest BCUT2D eigenvalue weighted by atomic mass is 32.1. The average Bonchev–Trinajstić information content (AvgIpc) is 3.82. The quantitative estimate of drug-likeness (QED) is 0.192. The number of benzene rings is 6. The van der Waals surface area contributed by atoms with Crippen LogP contribution in [0.2, 0.25) is 0 Å². The highest BCUT2D eigenvalue weighted by Crippen LogP contribution is 2.44. The highest BCUT2D eigenvalue weighted by molar-refractivity contribution is 7.26. The second kappa shape index (κ2) is 10.1. The summed E-state index contributed by atoms with van der Waals surface area (Å²) in [5.74, 6) is 0.661. The molecule has 0 aliphatic heterocycles. The first-order valence-electron chi connectivity index (χ1n) is 16.4. The van der Waals surface area contributed by atoms with Crippen LogP contribution in [0.25, 0.3) is 97.6 Å². The van der Waals surface area contributed by atoms with Gasteiger partial charge in [-0.2, -0.15) is 0 Å². The van der Waals surface area contributed by atoms with Crippen LogP contribution in [0.15, 0.2) is 152 Å². The molecular formula is C43H25N5S. The summed E-state index contributed by atoms with van der Waals surface area (Å²) in [6, 6.07) is 49.5. The Kier molecular flexibility index (Phi) is 5.48. The number of nitrogens with zero attached hydrogens (tertiary/aromatic N) is 5. The Morgan fingerprint density at radius 1 is 0.510 bits per heavy atom. The van der Waals surface area contributed by atoms with Gasteiger partial charge in [0.1, 0.15) is 0 Å². The van der Waals surface area contributed by atoms with Gasteiger partial charge in [0.05, 0.1) is 49.9 Å². The Morgan fingerprint density at radius 2 is 1.24 bits per heavy atom. The van der Waals surface area contributed by atoms with Gasteiger partial charge in [0.2, 0.25) is 5.95 Å². The van der Waals surface area contributed by atoms with Gasteiger partial charge in [0.25, 0.3) is 0 Å². The number of rotatable bonds is 3. The van der Waals surface area contributed by atoms with Crippen LogP contribution >= 0.6 is 11.3 Å². The lowest BCUT2D eigenvalue weighted by atomic mass is 10.0. The molecule has 11 rings (SSSR count). The van der Waals surface area contributed by atoms with Crippen molar-refractivity contribution in [3.63, 3.8) is 0 Å². The van der Waals surface area contributed by atoms with Crippen molar-refractivity contribution < 1.29 is 0 Å². The molecule has 5 nitrogen and oxygen atoms in total. The summed E-state index contributed by atoms with van der Waals surface area (Å²) < 4.78 is 6.92. The summed E-state index contributed by atoms with van der Waals surface area (Å²) in [5, 5.41) is 8.25. The number of thiophene rings is 1. The van der Waals surface area contributed by atoms with Gasteiger partial charge in [0, 0.05) is 43.4 Å². The molecule has 0 saturated heterocycles. The molecule has 0 bridgehead atoms. The monoisotopic (exact) mass is 643 g/mol. The molecule has 6 heteroatoms. The summed E-state index contributed by atoms with van der Waals surface area (Å²) >= 11 is 1.77. The molecule has 0 amide bonds. The summed E-state index contributed by atoms with van der Waals surface area (Å²) in [7, 11) is 0. The predicted molar refractivity (Wildman–Crippen MR) is 204 cm³/mol. The van der Waals surface area contributed by atoms with Gasteiger partial charge in [-0.1, -0.05) is 103 Å². The minimum absolute atomic E-state index is 0.661. The smallest absolute Gasteiger partial charge is 0.235 e. The summed E-state index contributed by atoms with van der Waals surface area (Å²) in [4.78, 5) is 15.4. The Bertz CT molecular complexity index is 3110. The molecule has 5 aromatic heterocycles. The molecule has 0 saturated carbocycles. The van der Waals surface area contributed by atoms with Gasteiger partial charge < -0.3 is 4.57 Å². The summed E-state index contributed by atoms with van der Waals surface area (Å²) in [6.07, 6.45) is 3.77. The maximum atomic E-state index is 5.51. The van der Waals surface area contributed by atoms with E-state index in [-0.39, 0.29) is 0 Å². The SMILES string of the molecule is c1cncc(-n2c3ccccc3c3ccc4c(c5ccccc5n4-c4nc(-c5cccc6ccccc56)c5sc6ccccc6c5n4)c32)c1. The van der Waals surface area contributed by atoms with Gasteiger partial charge in [-0.05, 0) is 47.2 Å². The van der Waals surface area contributed by atoms with Gasteiger partial charge in [0.15, 0.2) is 0 Å². The molecule has 0 atom stereocenters. The van der Waals surface area contributed by atoms with Gasteiger partial charge in [-0.25, -0.2) is 9.97 Å². The molecule has 0 fully saturated rings. The van der Waals surface area contributed by atoms with Crippen molar-refractivity contribution in [1.82, 2.24) is 24.1 Å². The number of hydrogen-bond acceptors (Lipinski definition) is 4. The molecule has 0 unspecified atom stereocenters. The predicted octanol–water partition coefficient (Wildman–Crippen LogP) is 11.3. The Hall–Kier alpha value is -6.37. The molecular weight excluding hydrogens is 619 g/mol. The minimum Gasteiger partial charge on any atom is -0.307 e. The van der Waals surface area contributed by atoms with E-state index in [9.17, 15) is 0 Å². The second-order valence-corrected chi connectivity index (χ2v) is 13.5. The average molecular weight is 644 g/mol. The third kappa shape index (κ3) is 3.72. The molecule has 11 aromatic rings. The maximum Gasteiger partial charge on any atom is 0.235 e. The Morgan fingerprint density at radius 3 is 2.10 bits per heavy atom. The van der Waals surface area contributed by atoms with Gasteiger partial charge in [-0.3, -0.25) is 9.55 Å². The van der Waals surface area contributed by atoms with Crippen LogP contribution in [0.5, 0.6) is 0 Å². The zero-order chi connectivity index (χ0) is 32.1. The van der Waals surface area contributed by atoms with Crippen LogP contribution in [-0.2, 0) is 0 Å². The first-order valence-corrected chi connectivity index (χ1v) is 17.2. The van der Waals surface area contributed by atoms with Crippen LogP contribution in [0.4, 0.5) is 0 Å². The van der Waals surface area contributed by atoms with Gasteiger partial charge in [-0.15, -0.1) is 11.3 Å². The summed E-state index contributed by atoms with van der Waals surface area (Å²) in [6.45, 7) is 0. The van der Waals surface area contributed by atoms with E-state index in [1.165, 1.54) is 31.6 Å². The van der Waals surface area contributed by atoms with E-state index in [0.29, 0.717) is 5.95 Å². The molecule has 0 N–H and O–H groups in total. The van der Waals surface area contributed by atoms with E-state index in [1.807, 2.05) is 18.5 Å². The normalized spacial score (nSPS) is 12.1. The van der Waals surface area contributed by atoms with Crippen molar-refractivity contribution in [2.24, 2.45) is 0 Å². The molecule has 0 spiro atoms. The van der Waals surface area contributed by atoms with Crippen molar-refractivity contribution in [3.05, 3.63) is 152 Å². The van der Waals surface area contributed by atoms with Crippen molar-refractivity contribution >= 4 is 86.0 Å². The van der Waals surface area contributed by atoms with Gasteiger partial charge >= 0.3 is 0 Å². The van der Waals surface area contributed by atoms with E-state index in [0.717, 1.165) is 60.0 Å². The molecule has 228 valence electrons. The fraction of sp³-hybridized carbons (Fsp3) is 0. The highest BCUT2D eigenvalue weighted by Gasteiger charge is 2.24. The zero-order valence-corrected chi connectivity index (χ0v) is 26.9. The number of fused-ring (bicyclic) bond motifs is 11. The fourth-order valence-electron chi connectivity index (χ4n) is 7.77. The lowest BCUT2D eigenvalue weighted by Crippen LogP contribution is -2.03. The van der Waals surface area contributed by atoms with Crippen molar-refractivity contribution in [2.75, 3.05) is 0 Å². The minimum atomic E-state index is 0.661. The first kappa shape index (κ1) is 26.7. The van der Waals surface area contributed by atoms with E-state index in [1.54, 1.807) is 11.3 Å². The fourth-order valence-corrected chi connectivity index (χ4v) is 8.92. The van der Waals surface area contributed by atoms with Crippen molar-refractivity contribution in [2.45, 2.75) is 0 Å². The van der Waals surface area contributed by atoms with Crippen LogP contribution in [0.3, 0.4) is 0 Å².